The first-order valence-corrected chi connectivity index (χ1v) is 8.22. The number of benzene rings is 1. The highest BCUT2D eigenvalue weighted by molar-refractivity contribution is 9.10. The Bertz CT molecular complexity index is 445. The van der Waals surface area contributed by atoms with Crippen LogP contribution in [0.1, 0.15) is 23.2 Å². The molecule has 18 heavy (non-hydrogen) atoms. The van der Waals surface area contributed by atoms with Crippen LogP contribution in [-0.2, 0) is 0 Å². The van der Waals surface area contributed by atoms with Crippen molar-refractivity contribution in [1.29, 1.82) is 0 Å². The minimum absolute atomic E-state index is 0.0364. The molecular formula is C13H14Br2ClNO. The highest BCUT2D eigenvalue weighted by atomic mass is 79.9. The number of alkyl halides is 1. The van der Waals surface area contributed by atoms with Gasteiger partial charge in [-0.25, -0.2) is 0 Å². The number of carbonyl (C=O) groups excluding carboxylic acids is 1. The molecular weight excluding hydrogens is 381 g/mol. The third kappa shape index (κ3) is 3.09. The lowest BCUT2D eigenvalue weighted by Crippen LogP contribution is -2.38. The van der Waals surface area contributed by atoms with Crippen molar-refractivity contribution in [3.63, 3.8) is 0 Å². The van der Waals surface area contributed by atoms with Crippen LogP contribution in [0.25, 0.3) is 0 Å². The molecule has 1 aliphatic heterocycles. The van der Waals surface area contributed by atoms with E-state index in [1.807, 2.05) is 17.0 Å². The first kappa shape index (κ1) is 14.4. The fourth-order valence-corrected chi connectivity index (χ4v) is 3.35. The van der Waals surface area contributed by atoms with Gasteiger partial charge >= 0.3 is 0 Å². The van der Waals surface area contributed by atoms with Crippen LogP contribution in [0.4, 0.5) is 0 Å². The van der Waals surface area contributed by atoms with Gasteiger partial charge in [0.1, 0.15) is 0 Å². The Morgan fingerprint density at radius 2 is 2.06 bits per heavy atom. The summed E-state index contributed by atoms with van der Waals surface area (Å²) >= 11 is 13.0. The van der Waals surface area contributed by atoms with Crippen molar-refractivity contribution in [3.05, 3.63) is 33.3 Å². The number of nitrogens with zero attached hydrogens (tertiary/aromatic N) is 1. The van der Waals surface area contributed by atoms with Gasteiger partial charge in [0.15, 0.2) is 0 Å². The molecule has 1 aromatic rings. The van der Waals surface area contributed by atoms with Gasteiger partial charge in [0.25, 0.3) is 5.91 Å². The zero-order valence-electron chi connectivity index (χ0n) is 9.83. The van der Waals surface area contributed by atoms with E-state index in [-0.39, 0.29) is 5.91 Å². The van der Waals surface area contributed by atoms with Crippen molar-refractivity contribution in [2.75, 3.05) is 18.4 Å². The topological polar surface area (TPSA) is 20.3 Å². The average molecular weight is 396 g/mol. The molecule has 98 valence electrons. The molecule has 0 unspecified atom stereocenters. The Morgan fingerprint density at radius 1 is 1.39 bits per heavy atom. The van der Waals surface area contributed by atoms with Gasteiger partial charge in [-0.05, 0) is 46.8 Å². The minimum Gasteiger partial charge on any atom is -0.339 e. The molecule has 1 fully saturated rings. The van der Waals surface area contributed by atoms with Crippen LogP contribution in [0.2, 0.25) is 5.02 Å². The standard InChI is InChI=1S/C13H14Br2ClNO/c14-8-9-4-6-17(7-5-9)13(18)10-2-1-3-11(15)12(10)16/h1-3,9H,4-8H2. The fourth-order valence-electron chi connectivity index (χ4n) is 2.13. The van der Waals surface area contributed by atoms with Crippen molar-refractivity contribution in [3.8, 4) is 0 Å². The predicted molar refractivity (Wildman–Crippen MR) is 81.6 cm³/mol. The quantitative estimate of drug-likeness (QED) is 0.682. The van der Waals surface area contributed by atoms with E-state index >= 15 is 0 Å². The highest BCUT2D eigenvalue weighted by Crippen LogP contribution is 2.28. The van der Waals surface area contributed by atoms with E-state index in [9.17, 15) is 4.79 Å². The second-order valence-electron chi connectivity index (χ2n) is 4.49. The molecule has 0 bridgehead atoms. The monoisotopic (exact) mass is 393 g/mol. The SMILES string of the molecule is O=C(c1cccc(Br)c1Cl)N1CCC(CBr)CC1. The zero-order valence-corrected chi connectivity index (χ0v) is 13.8. The normalized spacial score (nSPS) is 16.9. The summed E-state index contributed by atoms with van der Waals surface area (Å²) in [6.45, 7) is 1.63. The smallest absolute Gasteiger partial charge is 0.255 e. The molecule has 1 aromatic carbocycles. The van der Waals surface area contributed by atoms with Gasteiger partial charge in [0, 0.05) is 22.9 Å². The molecule has 0 radical (unpaired) electrons. The van der Waals surface area contributed by atoms with E-state index in [0.29, 0.717) is 16.5 Å². The number of rotatable bonds is 2. The first-order chi connectivity index (χ1) is 8.63. The first-order valence-electron chi connectivity index (χ1n) is 5.92. The van der Waals surface area contributed by atoms with E-state index in [4.69, 9.17) is 11.6 Å². The Labute approximate surface area is 129 Å². The average Bonchev–Trinajstić information content (AvgIpc) is 2.41. The lowest BCUT2D eigenvalue weighted by Gasteiger charge is -2.31. The molecule has 1 heterocycles. The van der Waals surface area contributed by atoms with E-state index in [0.717, 1.165) is 35.7 Å². The molecule has 2 rings (SSSR count). The van der Waals surface area contributed by atoms with E-state index in [1.165, 1.54) is 0 Å². The van der Waals surface area contributed by atoms with Gasteiger partial charge in [-0.3, -0.25) is 4.79 Å². The molecule has 0 saturated carbocycles. The van der Waals surface area contributed by atoms with Crippen LogP contribution < -0.4 is 0 Å². The number of piperidine rings is 1. The lowest BCUT2D eigenvalue weighted by molar-refractivity contribution is 0.0699. The van der Waals surface area contributed by atoms with Crippen LogP contribution >= 0.6 is 43.5 Å². The predicted octanol–water partition coefficient (Wildman–Crippen LogP) is 4.35. The van der Waals surface area contributed by atoms with Crippen LogP contribution in [-0.4, -0.2) is 29.2 Å². The molecule has 1 saturated heterocycles. The summed E-state index contributed by atoms with van der Waals surface area (Å²) in [6.07, 6.45) is 2.12. The van der Waals surface area contributed by atoms with Crippen LogP contribution in [0.5, 0.6) is 0 Å². The van der Waals surface area contributed by atoms with Gasteiger partial charge < -0.3 is 4.90 Å². The number of hydrogen-bond donors (Lipinski definition) is 0. The minimum atomic E-state index is 0.0364. The van der Waals surface area contributed by atoms with Gasteiger partial charge in [-0.1, -0.05) is 33.6 Å². The maximum Gasteiger partial charge on any atom is 0.255 e. The van der Waals surface area contributed by atoms with Crippen LogP contribution in [0.15, 0.2) is 22.7 Å². The number of likely N-dealkylation sites (tertiary alicyclic amines) is 1. The number of amides is 1. The Kier molecular flexibility index (Phi) is 5.10. The van der Waals surface area contributed by atoms with Gasteiger partial charge in [-0.15, -0.1) is 0 Å². The summed E-state index contributed by atoms with van der Waals surface area (Å²) in [7, 11) is 0. The Balaban J connectivity index is 2.10. The van der Waals surface area contributed by atoms with Crippen LogP contribution in [0, 0.1) is 5.92 Å². The van der Waals surface area contributed by atoms with E-state index < -0.39 is 0 Å². The number of hydrogen-bond acceptors (Lipinski definition) is 1. The second-order valence-corrected chi connectivity index (χ2v) is 6.37. The molecule has 1 aliphatic rings. The third-order valence-electron chi connectivity index (χ3n) is 3.30. The van der Waals surface area contributed by atoms with Gasteiger partial charge in [0.2, 0.25) is 0 Å². The van der Waals surface area contributed by atoms with Crippen molar-refractivity contribution < 1.29 is 4.79 Å². The van der Waals surface area contributed by atoms with Crippen molar-refractivity contribution in [2.45, 2.75) is 12.8 Å². The molecule has 5 heteroatoms. The number of halogens is 3. The summed E-state index contributed by atoms with van der Waals surface area (Å²) in [5.74, 6) is 0.723. The van der Waals surface area contributed by atoms with Gasteiger partial charge in [-0.2, -0.15) is 0 Å². The molecule has 0 aromatic heterocycles. The summed E-state index contributed by atoms with van der Waals surface area (Å²) in [4.78, 5) is 14.3. The van der Waals surface area contributed by atoms with E-state index in [2.05, 4.69) is 31.9 Å². The molecule has 1 amide bonds. The van der Waals surface area contributed by atoms with Gasteiger partial charge in [0.05, 0.1) is 10.6 Å². The van der Waals surface area contributed by atoms with Crippen molar-refractivity contribution in [1.82, 2.24) is 4.90 Å². The maximum absolute atomic E-state index is 12.4. The molecule has 0 N–H and O–H groups in total. The summed E-state index contributed by atoms with van der Waals surface area (Å²) in [5, 5.41) is 1.53. The molecule has 0 atom stereocenters. The fraction of sp³-hybridized carbons (Fsp3) is 0.462. The maximum atomic E-state index is 12.4. The second kappa shape index (κ2) is 6.40. The molecule has 2 nitrogen and oxygen atoms in total. The lowest BCUT2D eigenvalue weighted by atomic mass is 9.98. The van der Waals surface area contributed by atoms with E-state index in [1.54, 1.807) is 6.07 Å². The van der Waals surface area contributed by atoms with Crippen molar-refractivity contribution in [2.24, 2.45) is 5.92 Å². The Hall–Kier alpha value is -0.0600. The molecule has 0 aliphatic carbocycles. The zero-order chi connectivity index (χ0) is 13.1. The summed E-state index contributed by atoms with van der Waals surface area (Å²) < 4.78 is 0.769. The number of carbonyl (C=O) groups is 1. The van der Waals surface area contributed by atoms with Crippen molar-refractivity contribution >= 4 is 49.4 Å². The third-order valence-corrected chi connectivity index (χ3v) is 5.51. The summed E-state index contributed by atoms with van der Waals surface area (Å²) in [6, 6.07) is 5.47. The highest BCUT2D eigenvalue weighted by Gasteiger charge is 2.24. The molecule has 0 spiro atoms. The van der Waals surface area contributed by atoms with Crippen LogP contribution in [0.3, 0.4) is 0 Å². The largest absolute Gasteiger partial charge is 0.339 e. The Morgan fingerprint density at radius 3 is 2.67 bits per heavy atom. The summed E-state index contributed by atoms with van der Waals surface area (Å²) in [5.41, 5.74) is 0.586.